The average molecular weight is 779 g/mol. The zero-order valence-electron chi connectivity index (χ0n) is 31.2. The minimum Gasteiger partial charge on any atom is -0.481 e. The summed E-state index contributed by atoms with van der Waals surface area (Å²) < 4.78 is 0. The van der Waals surface area contributed by atoms with Crippen molar-refractivity contribution in [3.8, 4) is 0 Å². The Balaban J connectivity index is 0.000000554. The van der Waals surface area contributed by atoms with Gasteiger partial charge in [-0.05, 0) is 80.5 Å². The van der Waals surface area contributed by atoms with Crippen molar-refractivity contribution in [2.24, 2.45) is 0 Å². The zero-order chi connectivity index (χ0) is 42.2. The molecule has 11 N–H and O–H groups in total. The molecule has 4 rings (SSSR count). The van der Waals surface area contributed by atoms with E-state index >= 15 is 0 Å². The molecule has 0 radical (unpaired) electrons. The highest BCUT2D eigenvalue weighted by Crippen LogP contribution is 2.31. The summed E-state index contributed by atoms with van der Waals surface area (Å²) >= 11 is 0. The maximum Gasteiger partial charge on any atom is 0.335 e. The highest BCUT2D eigenvalue weighted by Gasteiger charge is 2.34. The Hall–Kier alpha value is -6.14. The Labute approximate surface area is 321 Å². The number of amides is 2. The van der Waals surface area contributed by atoms with Crippen LogP contribution in [0.2, 0.25) is 0 Å². The first kappa shape index (κ1) is 44.3. The highest BCUT2D eigenvalue weighted by molar-refractivity contribution is 6.03. The fourth-order valence-corrected chi connectivity index (χ4v) is 6.23. The first-order valence-electron chi connectivity index (χ1n) is 17.3. The lowest BCUT2D eigenvalue weighted by Crippen LogP contribution is -2.48. The topological polar surface area (TPSA) is 300 Å². The number of carboxylic acid groups (broad SMARTS) is 3. The molecule has 17 heteroatoms. The van der Waals surface area contributed by atoms with Crippen LogP contribution < -0.4 is 10.6 Å². The number of allylic oxidation sites excluding steroid dienone is 2. The number of hydrogen-bond acceptors (Lipinski definition) is 10. The molecular formula is C39H46N4O13. The van der Waals surface area contributed by atoms with Gasteiger partial charge in [0.05, 0.1) is 5.70 Å². The second-order valence-corrected chi connectivity index (χ2v) is 13.1. The number of hydrogen-bond donors (Lipinski definition) is 11. The second kappa shape index (κ2) is 18.9. The summed E-state index contributed by atoms with van der Waals surface area (Å²) in [6.45, 7) is 14.9. The predicted molar refractivity (Wildman–Crippen MR) is 202 cm³/mol. The van der Waals surface area contributed by atoms with Crippen molar-refractivity contribution in [2.75, 3.05) is 0 Å². The van der Waals surface area contributed by atoms with E-state index in [0.29, 0.717) is 34.5 Å². The fraction of sp³-hybridized carbons (Fsp3) is 0.333. The maximum absolute atomic E-state index is 12.3. The van der Waals surface area contributed by atoms with E-state index in [1.807, 2.05) is 32.9 Å². The normalized spacial score (nSPS) is 17.6. The molecule has 2 aliphatic heterocycles. The van der Waals surface area contributed by atoms with Crippen molar-refractivity contribution in [2.45, 2.75) is 84.2 Å². The first-order valence-corrected chi connectivity index (χ1v) is 17.3. The van der Waals surface area contributed by atoms with Crippen molar-refractivity contribution in [3.05, 3.63) is 104 Å². The lowest BCUT2D eigenvalue weighted by Gasteiger charge is -2.21. The predicted octanol–water partition coefficient (Wildman–Crippen LogP) is 1.24. The van der Waals surface area contributed by atoms with Gasteiger partial charge < -0.3 is 61.1 Å². The van der Waals surface area contributed by atoms with E-state index in [1.54, 1.807) is 13.0 Å². The third-order valence-corrected chi connectivity index (χ3v) is 9.53. The number of nitrogens with one attached hydrogen (secondary N) is 4. The van der Waals surface area contributed by atoms with Gasteiger partial charge in [0.15, 0.2) is 12.4 Å². The van der Waals surface area contributed by atoms with Gasteiger partial charge in [-0.2, -0.15) is 0 Å². The van der Waals surface area contributed by atoms with Gasteiger partial charge in [-0.25, -0.2) is 4.79 Å². The average Bonchev–Trinajstić information content (AvgIpc) is 3.79. The van der Waals surface area contributed by atoms with Crippen LogP contribution in [0.5, 0.6) is 0 Å². The minimum atomic E-state index is -2.25. The number of carbonyl (C=O) groups excluding carboxylic acids is 3. The number of aliphatic carboxylic acids is 3. The molecule has 0 fully saturated rings. The van der Waals surface area contributed by atoms with Crippen LogP contribution in [0, 0.1) is 13.8 Å². The lowest BCUT2D eigenvalue weighted by atomic mass is 9.98. The van der Waals surface area contributed by atoms with E-state index in [9.17, 15) is 39.0 Å². The summed E-state index contributed by atoms with van der Waals surface area (Å²) in [6.07, 6.45) is -0.806. The maximum atomic E-state index is 12.3. The van der Waals surface area contributed by atoms with E-state index < -0.39 is 42.3 Å². The van der Waals surface area contributed by atoms with Gasteiger partial charge in [0.1, 0.15) is 18.3 Å². The van der Waals surface area contributed by atoms with Crippen LogP contribution in [-0.4, -0.2) is 106 Å². The standard InChI is InChI=1S/C33H36N4O6.C6H10O7/c1-7-20-19(6)32(42)37-27(20)14-25-18(5)23(10-12-31(40)41)29(35-25)15-28-22(9-11-30(38)39)17(4)24(34-28)13-26-16(3)21(8-2)33(43)36-26;7-1-2(8)3(9)4(10)5(11)6(12)13/h7-8,13-14,34-35H,1-2,9-12,15H2,3-6H3,(H,36,43)(H,37,42)(H,38,39)(H,40,41);1-5,8-11H,(H,12,13)/b26-13-,27-14-;/t;2-,3+,4-,5-/m.0/s1. The Kier molecular flexibility index (Phi) is 15.0. The lowest BCUT2D eigenvalue weighted by molar-refractivity contribution is -0.163. The van der Waals surface area contributed by atoms with E-state index in [1.165, 1.54) is 6.08 Å². The van der Waals surface area contributed by atoms with Gasteiger partial charge in [-0.3, -0.25) is 19.2 Å². The Morgan fingerprint density at radius 2 is 1.14 bits per heavy atom. The van der Waals surface area contributed by atoms with Crippen LogP contribution in [0.4, 0.5) is 0 Å². The number of aromatic nitrogens is 2. The van der Waals surface area contributed by atoms with E-state index in [0.717, 1.165) is 50.6 Å². The van der Waals surface area contributed by atoms with Crippen LogP contribution in [0.25, 0.3) is 12.2 Å². The molecule has 56 heavy (non-hydrogen) atoms. The molecule has 0 saturated heterocycles. The number of aldehydes is 1. The number of carboxylic acids is 3. The smallest absolute Gasteiger partial charge is 0.335 e. The number of aromatic amines is 2. The largest absolute Gasteiger partial charge is 0.481 e. The molecule has 17 nitrogen and oxygen atoms in total. The van der Waals surface area contributed by atoms with Gasteiger partial charge in [-0.15, -0.1) is 0 Å². The zero-order valence-corrected chi connectivity index (χ0v) is 31.2. The third-order valence-electron chi connectivity index (χ3n) is 9.53. The Morgan fingerprint density at radius 1 is 0.679 bits per heavy atom. The van der Waals surface area contributed by atoms with Crippen LogP contribution in [0.1, 0.15) is 71.7 Å². The van der Waals surface area contributed by atoms with Gasteiger partial charge >= 0.3 is 17.9 Å². The van der Waals surface area contributed by atoms with Crippen molar-refractivity contribution in [1.82, 2.24) is 20.6 Å². The molecule has 2 aliphatic rings. The summed E-state index contributed by atoms with van der Waals surface area (Å²) in [6, 6.07) is 0. The van der Waals surface area contributed by atoms with Crippen molar-refractivity contribution >= 4 is 48.2 Å². The van der Waals surface area contributed by atoms with Crippen molar-refractivity contribution in [1.29, 1.82) is 0 Å². The van der Waals surface area contributed by atoms with Crippen LogP contribution in [0.3, 0.4) is 0 Å². The van der Waals surface area contributed by atoms with Crippen LogP contribution in [0.15, 0.2) is 59.0 Å². The van der Waals surface area contributed by atoms with E-state index in [4.69, 9.17) is 25.5 Å². The number of aliphatic hydroxyl groups excluding tert-OH is 4. The van der Waals surface area contributed by atoms with Crippen LogP contribution >= 0.6 is 0 Å². The molecule has 4 heterocycles. The third kappa shape index (κ3) is 10.1. The summed E-state index contributed by atoms with van der Waals surface area (Å²) in [4.78, 5) is 74.5. The summed E-state index contributed by atoms with van der Waals surface area (Å²) in [5.41, 5.74) is 10.2. The van der Waals surface area contributed by atoms with E-state index in [-0.39, 0.29) is 43.8 Å². The summed E-state index contributed by atoms with van der Waals surface area (Å²) in [5, 5.41) is 67.8. The number of carbonyl (C=O) groups is 6. The van der Waals surface area contributed by atoms with Gasteiger partial charge in [0.25, 0.3) is 11.8 Å². The minimum absolute atomic E-state index is 0.0688. The Bertz CT molecular complexity index is 2080. The summed E-state index contributed by atoms with van der Waals surface area (Å²) in [7, 11) is 0. The molecule has 0 bridgehead atoms. The summed E-state index contributed by atoms with van der Waals surface area (Å²) in [5.74, 6) is -4.04. The molecule has 2 aromatic rings. The highest BCUT2D eigenvalue weighted by atomic mass is 16.4. The second-order valence-electron chi connectivity index (χ2n) is 13.1. The van der Waals surface area contributed by atoms with Gasteiger partial charge in [-0.1, -0.05) is 25.3 Å². The Morgan fingerprint density at radius 3 is 1.55 bits per heavy atom. The molecule has 0 aliphatic carbocycles. The first-order chi connectivity index (χ1) is 26.3. The van der Waals surface area contributed by atoms with Crippen molar-refractivity contribution in [3.63, 3.8) is 0 Å². The molecule has 300 valence electrons. The number of H-pyrrole nitrogens is 2. The fourth-order valence-electron chi connectivity index (χ4n) is 6.23. The SMILES string of the molecule is C=CC1=C(C)/C(=C/c2[nH]c(Cc3[nH]c(/C=C4\NC(=O)C(C)=C4C=C)c(C)c3CCC(=O)O)c(CCC(=O)O)c2C)NC1=O.O=C[C@H](O)[C@@H](O)[C@H](O)[C@H](O)C(=O)O. The quantitative estimate of drug-likeness (QED) is 0.101. The molecule has 0 spiro atoms. The molecule has 0 aromatic carbocycles. The molecule has 0 saturated carbocycles. The molecule has 0 unspecified atom stereocenters. The van der Waals surface area contributed by atoms with Gasteiger partial charge in [0.2, 0.25) is 0 Å². The van der Waals surface area contributed by atoms with E-state index in [2.05, 4.69) is 33.8 Å². The number of aliphatic hydroxyl groups is 4. The molecule has 4 atom stereocenters. The molecule has 2 aromatic heterocycles. The van der Waals surface area contributed by atoms with Crippen LogP contribution in [-0.2, 0) is 48.0 Å². The molecular weight excluding hydrogens is 732 g/mol. The number of rotatable bonds is 17. The van der Waals surface area contributed by atoms with Crippen molar-refractivity contribution < 1.29 is 64.5 Å². The van der Waals surface area contributed by atoms with Gasteiger partial charge in [0, 0.05) is 64.5 Å². The molecule has 2 amide bonds. The monoisotopic (exact) mass is 778 g/mol.